The highest BCUT2D eigenvalue weighted by Gasteiger charge is 2.15. The van der Waals surface area contributed by atoms with Crippen LogP contribution in [0.2, 0.25) is 0 Å². The molecule has 0 unspecified atom stereocenters. The van der Waals surface area contributed by atoms with Crippen molar-refractivity contribution in [1.82, 2.24) is 9.55 Å². The topological polar surface area (TPSA) is 78.0 Å². The Balaban J connectivity index is 2.48. The Morgan fingerprint density at radius 3 is 2.85 bits per heavy atom. The molecule has 2 rings (SSSR count). The van der Waals surface area contributed by atoms with Crippen molar-refractivity contribution in [2.75, 3.05) is 0 Å². The molecule has 0 saturated carbocycles. The summed E-state index contributed by atoms with van der Waals surface area (Å²) in [5, 5.41) is 11.1. The number of nitrogens with zero attached hydrogens (tertiary/aromatic N) is 3. The average molecular weight is 450 g/mol. The summed E-state index contributed by atoms with van der Waals surface area (Å²) in [6.07, 6.45) is 1.41. The van der Waals surface area contributed by atoms with Gasteiger partial charge in [0.25, 0.3) is 11.2 Å². The van der Waals surface area contributed by atoms with Gasteiger partial charge in [0.1, 0.15) is 0 Å². The maximum absolute atomic E-state index is 12.1. The molecule has 0 aliphatic heterocycles. The minimum absolute atomic E-state index is 0.0261. The van der Waals surface area contributed by atoms with Crippen molar-refractivity contribution in [3.8, 4) is 0 Å². The molecule has 0 N–H and O–H groups in total. The minimum Gasteiger partial charge on any atom is -0.294 e. The zero-order valence-corrected chi connectivity index (χ0v) is 14.1. The molecule has 0 bridgehead atoms. The van der Waals surface area contributed by atoms with E-state index in [1.54, 1.807) is 19.1 Å². The molecule has 0 fully saturated rings. The molecule has 20 heavy (non-hydrogen) atoms. The summed E-state index contributed by atoms with van der Waals surface area (Å²) < 4.78 is 2.51. The van der Waals surface area contributed by atoms with Crippen molar-refractivity contribution < 1.29 is 4.92 Å². The maximum Gasteiger partial charge on any atom is 0.275 e. The lowest BCUT2D eigenvalue weighted by Crippen LogP contribution is -2.24. The van der Waals surface area contributed by atoms with Crippen LogP contribution in [0.5, 0.6) is 0 Å². The molecule has 2 aromatic rings. The van der Waals surface area contributed by atoms with E-state index in [4.69, 9.17) is 0 Å². The van der Waals surface area contributed by atoms with E-state index in [9.17, 15) is 14.9 Å². The fraction of sp³-hybridized carbons (Fsp3) is 0.167. The van der Waals surface area contributed by atoms with E-state index in [-0.39, 0.29) is 17.8 Å². The number of aryl methyl sites for hydroxylation is 1. The number of hydrogen-bond acceptors (Lipinski definition) is 4. The normalized spacial score (nSPS) is 10.6. The third kappa shape index (κ3) is 3.06. The third-order valence-electron chi connectivity index (χ3n) is 2.74. The van der Waals surface area contributed by atoms with Gasteiger partial charge in [-0.15, -0.1) is 0 Å². The van der Waals surface area contributed by atoms with Crippen LogP contribution < -0.4 is 5.56 Å². The Morgan fingerprint density at radius 2 is 2.20 bits per heavy atom. The first kappa shape index (κ1) is 15.1. The van der Waals surface area contributed by atoms with Gasteiger partial charge in [-0.3, -0.25) is 19.5 Å². The van der Waals surface area contributed by atoms with Crippen LogP contribution in [0.1, 0.15) is 11.3 Å². The summed E-state index contributed by atoms with van der Waals surface area (Å²) in [6.45, 7) is 1.86. The van der Waals surface area contributed by atoms with Gasteiger partial charge >= 0.3 is 0 Å². The highest BCUT2D eigenvalue weighted by atomic mass is 127. The second-order valence-electron chi connectivity index (χ2n) is 4.11. The number of aromatic nitrogens is 2. The molecule has 0 aliphatic carbocycles. The van der Waals surface area contributed by atoms with Gasteiger partial charge in [0, 0.05) is 16.1 Å². The van der Waals surface area contributed by atoms with Crippen molar-refractivity contribution in [2.24, 2.45) is 0 Å². The zero-order chi connectivity index (χ0) is 14.9. The fourth-order valence-electron chi connectivity index (χ4n) is 1.68. The van der Waals surface area contributed by atoms with Gasteiger partial charge < -0.3 is 0 Å². The summed E-state index contributed by atoms with van der Waals surface area (Å²) in [6, 6.07) is 4.76. The van der Waals surface area contributed by atoms with E-state index >= 15 is 0 Å². The second-order valence-corrected chi connectivity index (χ2v) is 6.10. The molecular formula is C12H9BrIN3O3. The molecule has 1 heterocycles. The summed E-state index contributed by atoms with van der Waals surface area (Å²) in [5.41, 5.74) is 0.885. The molecular weight excluding hydrogens is 441 g/mol. The number of hydrogen-bond donors (Lipinski definition) is 0. The van der Waals surface area contributed by atoms with Crippen molar-refractivity contribution in [1.29, 1.82) is 0 Å². The summed E-state index contributed by atoms with van der Waals surface area (Å²) in [4.78, 5) is 26.8. The van der Waals surface area contributed by atoms with Crippen molar-refractivity contribution in [3.63, 3.8) is 0 Å². The van der Waals surface area contributed by atoms with E-state index in [1.165, 1.54) is 17.0 Å². The second kappa shape index (κ2) is 6.00. The first-order chi connectivity index (χ1) is 9.40. The van der Waals surface area contributed by atoms with Crippen molar-refractivity contribution >= 4 is 44.2 Å². The minimum atomic E-state index is -0.461. The highest BCUT2D eigenvalue weighted by molar-refractivity contribution is 14.1. The Morgan fingerprint density at radius 1 is 1.50 bits per heavy atom. The quantitative estimate of drug-likeness (QED) is 0.410. The third-order valence-corrected chi connectivity index (χ3v) is 4.48. The molecule has 6 nitrogen and oxygen atoms in total. The van der Waals surface area contributed by atoms with Crippen molar-refractivity contribution in [2.45, 2.75) is 13.5 Å². The predicted octanol–water partition coefficient (Wildman–Crippen LogP) is 2.88. The Hall–Kier alpha value is -1.29. The number of rotatable bonds is 3. The van der Waals surface area contributed by atoms with E-state index in [0.717, 1.165) is 0 Å². The number of nitro groups is 1. The molecule has 0 atom stereocenters. The zero-order valence-electron chi connectivity index (χ0n) is 10.3. The van der Waals surface area contributed by atoms with Gasteiger partial charge in [-0.25, -0.2) is 4.98 Å². The molecule has 1 aromatic heterocycles. The van der Waals surface area contributed by atoms with Crippen LogP contribution in [0.15, 0.2) is 33.8 Å². The van der Waals surface area contributed by atoms with Crippen LogP contribution in [0, 0.1) is 20.6 Å². The molecule has 0 spiro atoms. The van der Waals surface area contributed by atoms with Gasteiger partial charge in [0.2, 0.25) is 0 Å². The first-order valence-electron chi connectivity index (χ1n) is 5.54. The predicted molar refractivity (Wildman–Crippen MR) is 85.8 cm³/mol. The maximum atomic E-state index is 12.1. The van der Waals surface area contributed by atoms with Crippen LogP contribution >= 0.6 is 38.5 Å². The van der Waals surface area contributed by atoms with Gasteiger partial charge in [-0.1, -0.05) is 15.9 Å². The monoisotopic (exact) mass is 449 g/mol. The van der Waals surface area contributed by atoms with Gasteiger partial charge in [-0.05, 0) is 41.6 Å². The van der Waals surface area contributed by atoms with Crippen LogP contribution in [0.25, 0.3) is 0 Å². The van der Waals surface area contributed by atoms with Crippen LogP contribution in [-0.4, -0.2) is 14.5 Å². The van der Waals surface area contributed by atoms with Gasteiger partial charge in [-0.2, -0.15) is 0 Å². The lowest BCUT2D eigenvalue weighted by atomic mass is 10.2. The Labute approximate surface area is 136 Å². The molecule has 0 radical (unpaired) electrons. The van der Waals surface area contributed by atoms with E-state index in [2.05, 4.69) is 20.9 Å². The molecule has 0 aliphatic rings. The molecule has 0 amide bonds. The van der Waals surface area contributed by atoms with Crippen LogP contribution in [-0.2, 0) is 6.54 Å². The standard InChI is InChI=1S/C12H9BrIN3O3/c1-7-11(14)12(18)16(6-15-7)5-8-2-3-9(13)4-10(8)17(19)20/h2-4,6H,5H2,1H3. The lowest BCUT2D eigenvalue weighted by Gasteiger charge is -2.08. The Kier molecular flexibility index (Phi) is 4.53. The van der Waals surface area contributed by atoms with Crippen LogP contribution in [0.3, 0.4) is 0 Å². The molecule has 104 valence electrons. The van der Waals surface area contributed by atoms with E-state index < -0.39 is 4.92 Å². The van der Waals surface area contributed by atoms with Gasteiger partial charge in [0.05, 0.1) is 27.1 Å². The highest BCUT2D eigenvalue weighted by Crippen LogP contribution is 2.24. The SMILES string of the molecule is Cc1ncn(Cc2ccc(Br)cc2[N+](=O)[O-])c(=O)c1I. The fourth-order valence-corrected chi connectivity index (χ4v) is 2.48. The van der Waals surface area contributed by atoms with Gasteiger partial charge in [0.15, 0.2) is 0 Å². The molecule has 1 aromatic carbocycles. The lowest BCUT2D eigenvalue weighted by molar-refractivity contribution is -0.385. The summed E-state index contributed by atoms with van der Waals surface area (Å²) in [7, 11) is 0. The first-order valence-corrected chi connectivity index (χ1v) is 7.41. The van der Waals surface area contributed by atoms with E-state index in [1.807, 2.05) is 22.6 Å². The molecule has 8 heteroatoms. The summed E-state index contributed by atoms with van der Waals surface area (Å²) in [5.74, 6) is 0. The smallest absolute Gasteiger partial charge is 0.275 e. The number of benzene rings is 1. The molecule has 0 saturated heterocycles. The number of nitro benzene ring substituents is 1. The largest absolute Gasteiger partial charge is 0.294 e. The summed E-state index contributed by atoms with van der Waals surface area (Å²) >= 11 is 5.13. The average Bonchev–Trinajstić information content (AvgIpc) is 2.41. The van der Waals surface area contributed by atoms with E-state index in [0.29, 0.717) is 19.3 Å². The Bertz CT molecular complexity index is 745. The van der Waals surface area contributed by atoms with Crippen molar-refractivity contribution in [3.05, 3.63) is 64.3 Å². The van der Waals surface area contributed by atoms with Crippen LogP contribution in [0.4, 0.5) is 5.69 Å². The number of halogens is 2.